The summed E-state index contributed by atoms with van der Waals surface area (Å²) in [7, 11) is 0. The van der Waals surface area contributed by atoms with Crippen molar-refractivity contribution in [1.82, 2.24) is 20.2 Å². The summed E-state index contributed by atoms with van der Waals surface area (Å²) in [6.45, 7) is 6.16. The largest absolute Gasteiger partial charge is 0.480 e. The van der Waals surface area contributed by atoms with Crippen LogP contribution in [-0.2, 0) is 16.8 Å². The fourth-order valence-corrected chi connectivity index (χ4v) is 1.77. The van der Waals surface area contributed by atoms with Gasteiger partial charge in [-0.3, -0.25) is 4.79 Å². The highest BCUT2D eigenvalue weighted by atomic mass is 16.4. The predicted molar refractivity (Wildman–Crippen MR) is 69.6 cm³/mol. The van der Waals surface area contributed by atoms with Crippen LogP contribution in [-0.4, -0.2) is 31.3 Å². The third kappa shape index (κ3) is 2.96. The number of aliphatic carboxylic acids is 1. The summed E-state index contributed by atoms with van der Waals surface area (Å²) in [4.78, 5) is 10.7. The zero-order chi connectivity index (χ0) is 14.0. The Labute approximate surface area is 111 Å². The lowest BCUT2D eigenvalue weighted by molar-refractivity contribution is -0.137. The Morgan fingerprint density at radius 1 is 1.26 bits per heavy atom. The third-order valence-electron chi connectivity index (χ3n) is 2.83. The highest BCUT2D eigenvalue weighted by Crippen LogP contribution is 2.24. The summed E-state index contributed by atoms with van der Waals surface area (Å²) in [5.74, 6) is -0.511. The number of carbonyl (C=O) groups is 1. The molecule has 0 aliphatic heterocycles. The van der Waals surface area contributed by atoms with E-state index in [1.165, 1.54) is 10.2 Å². The van der Waals surface area contributed by atoms with Crippen LogP contribution in [0.1, 0.15) is 26.3 Å². The molecular weight excluding hydrogens is 244 g/mol. The molecule has 0 aliphatic rings. The molecule has 0 fully saturated rings. The van der Waals surface area contributed by atoms with Crippen LogP contribution in [0.2, 0.25) is 0 Å². The molecule has 1 aromatic heterocycles. The molecule has 0 spiro atoms. The van der Waals surface area contributed by atoms with Gasteiger partial charge in [0.05, 0.1) is 0 Å². The molecule has 0 atom stereocenters. The molecule has 1 heterocycles. The monoisotopic (exact) mass is 260 g/mol. The average Bonchev–Trinajstić information content (AvgIpc) is 2.75. The molecule has 0 bridgehead atoms. The van der Waals surface area contributed by atoms with E-state index in [0.717, 1.165) is 5.56 Å². The summed E-state index contributed by atoms with van der Waals surface area (Å²) >= 11 is 0. The van der Waals surface area contributed by atoms with Gasteiger partial charge >= 0.3 is 5.97 Å². The minimum Gasteiger partial charge on any atom is -0.480 e. The van der Waals surface area contributed by atoms with Gasteiger partial charge in [0.15, 0.2) is 5.82 Å². The van der Waals surface area contributed by atoms with E-state index in [1.807, 2.05) is 24.3 Å². The van der Waals surface area contributed by atoms with Crippen LogP contribution in [0.5, 0.6) is 0 Å². The number of carboxylic acid groups (broad SMARTS) is 1. The normalized spacial score (nSPS) is 11.5. The van der Waals surface area contributed by atoms with Crippen LogP contribution in [0, 0.1) is 0 Å². The van der Waals surface area contributed by atoms with Gasteiger partial charge in [0, 0.05) is 5.56 Å². The topological polar surface area (TPSA) is 80.9 Å². The first-order valence-electron chi connectivity index (χ1n) is 5.97. The van der Waals surface area contributed by atoms with Gasteiger partial charge in [-0.25, -0.2) is 4.68 Å². The summed E-state index contributed by atoms with van der Waals surface area (Å²) in [5, 5.41) is 19.9. The van der Waals surface area contributed by atoms with Crippen molar-refractivity contribution in [3.63, 3.8) is 0 Å². The Morgan fingerprint density at radius 2 is 1.89 bits per heavy atom. The lowest BCUT2D eigenvalue weighted by Crippen LogP contribution is -2.12. The molecule has 6 nitrogen and oxygen atoms in total. The maximum atomic E-state index is 10.7. The number of benzene rings is 1. The zero-order valence-corrected chi connectivity index (χ0v) is 11.2. The number of carboxylic acids is 1. The minimum absolute atomic E-state index is 0.0749. The second-order valence-corrected chi connectivity index (χ2v) is 5.38. The summed E-state index contributed by atoms with van der Waals surface area (Å²) < 4.78 is 1.27. The van der Waals surface area contributed by atoms with Crippen LogP contribution < -0.4 is 0 Å². The maximum Gasteiger partial charge on any atom is 0.325 e. The number of tetrazole rings is 1. The fourth-order valence-electron chi connectivity index (χ4n) is 1.77. The second-order valence-electron chi connectivity index (χ2n) is 5.38. The van der Waals surface area contributed by atoms with Crippen molar-refractivity contribution in [2.75, 3.05) is 0 Å². The first kappa shape index (κ1) is 13.2. The Bertz CT molecular complexity index is 581. The summed E-state index contributed by atoms with van der Waals surface area (Å²) in [6, 6.07) is 7.83. The van der Waals surface area contributed by atoms with E-state index in [1.54, 1.807) is 0 Å². The molecular formula is C13H16N4O2. The van der Waals surface area contributed by atoms with Gasteiger partial charge in [-0.1, -0.05) is 45.0 Å². The zero-order valence-electron chi connectivity index (χ0n) is 11.2. The molecule has 100 valence electrons. The van der Waals surface area contributed by atoms with Crippen LogP contribution in [0.15, 0.2) is 24.3 Å². The number of nitrogens with zero attached hydrogens (tertiary/aromatic N) is 4. The Kier molecular flexibility index (Phi) is 3.33. The molecule has 19 heavy (non-hydrogen) atoms. The van der Waals surface area contributed by atoms with E-state index in [-0.39, 0.29) is 12.0 Å². The third-order valence-corrected chi connectivity index (χ3v) is 2.83. The molecule has 0 amide bonds. The quantitative estimate of drug-likeness (QED) is 0.908. The summed E-state index contributed by atoms with van der Waals surface area (Å²) in [6.07, 6.45) is 0. The van der Waals surface area contributed by atoms with Gasteiger partial charge in [0.25, 0.3) is 0 Å². The van der Waals surface area contributed by atoms with Gasteiger partial charge in [-0.2, -0.15) is 0 Å². The van der Waals surface area contributed by atoms with Crippen LogP contribution in [0.3, 0.4) is 0 Å². The van der Waals surface area contributed by atoms with Crippen molar-refractivity contribution in [3.8, 4) is 11.4 Å². The smallest absolute Gasteiger partial charge is 0.325 e. The van der Waals surface area contributed by atoms with E-state index in [4.69, 9.17) is 5.11 Å². The number of hydrogen-bond donors (Lipinski definition) is 1. The van der Waals surface area contributed by atoms with Crippen molar-refractivity contribution in [1.29, 1.82) is 0 Å². The lowest BCUT2D eigenvalue weighted by atomic mass is 9.87. The van der Waals surface area contributed by atoms with Crippen LogP contribution in [0.25, 0.3) is 11.4 Å². The van der Waals surface area contributed by atoms with Gasteiger partial charge < -0.3 is 5.11 Å². The van der Waals surface area contributed by atoms with E-state index < -0.39 is 5.97 Å². The summed E-state index contributed by atoms with van der Waals surface area (Å²) in [5.41, 5.74) is 2.08. The fraction of sp³-hybridized carbons (Fsp3) is 0.385. The molecule has 1 N–H and O–H groups in total. The van der Waals surface area contributed by atoms with E-state index >= 15 is 0 Å². The standard InChI is InChI=1S/C13H16N4O2/c1-13(2,3)10-6-4-9(5-7-10)12-14-15-16-17(12)8-11(18)19/h4-7H,8H2,1-3H3,(H,18,19). The first-order valence-corrected chi connectivity index (χ1v) is 5.97. The highest BCUT2D eigenvalue weighted by molar-refractivity contribution is 5.67. The van der Waals surface area contributed by atoms with E-state index in [0.29, 0.717) is 5.82 Å². The minimum atomic E-state index is -0.972. The molecule has 2 aromatic rings. The van der Waals surface area contributed by atoms with Crippen molar-refractivity contribution >= 4 is 5.97 Å². The number of aromatic nitrogens is 4. The molecule has 6 heteroatoms. The van der Waals surface area contributed by atoms with Crippen LogP contribution in [0.4, 0.5) is 0 Å². The van der Waals surface area contributed by atoms with Gasteiger partial charge in [-0.05, 0) is 21.4 Å². The Morgan fingerprint density at radius 3 is 2.42 bits per heavy atom. The average molecular weight is 260 g/mol. The first-order chi connectivity index (χ1) is 8.88. The molecule has 0 radical (unpaired) electrons. The Hall–Kier alpha value is -2.24. The highest BCUT2D eigenvalue weighted by Gasteiger charge is 2.15. The Balaban J connectivity index is 2.33. The number of rotatable bonds is 3. The molecule has 0 saturated heterocycles. The molecule has 2 rings (SSSR count). The molecule has 0 saturated carbocycles. The molecule has 0 unspecified atom stereocenters. The lowest BCUT2D eigenvalue weighted by Gasteiger charge is -2.18. The second kappa shape index (κ2) is 4.79. The van der Waals surface area contributed by atoms with Crippen LogP contribution >= 0.6 is 0 Å². The predicted octanol–water partition coefficient (Wildman–Crippen LogP) is 1.72. The van der Waals surface area contributed by atoms with Crippen molar-refractivity contribution < 1.29 is 9.90 Å². The van der Waals surface area contributed by atoms with E-state index in [9.17, 15) is 4.79 Å². The van der Waals surface area contributed by atoms with Gasteiger partial charge in [-0.15, -0.1) is 5.10 Å². The maximum absolute atomic E-state index is 10.7. The van der Waals surface area contributed by atoms with Gasteiger partial charge in [0.1, 0.15) is 6.54 Å². The SMILES string of the molecule is CC(C)(C)c1ccc(-c2nnnn2CC(=O)O)cc1. The molecule has 0 aliphatic carbocycles. The molecule has 1 aromatic carbocycles. The number of hydrogen-bond acceptors (Lipinski definition) is 4. The van der Waals surface area contributed by atoms with Crippen molar-refractivity contribution in [3.05, 3.63) is 29.8 Å². The van der Waals surface area contributed by atoms with Crippen molar-refractivity contribution in [2.24, 2.45) is 0 Å². The van der Waals surface area contributed by atoms with E-state index in [2.05, 4.69) is 36.3 Å². The van der Waals surface area contributed by atoms with Gasteiger partial charge in [0.2, 0.25) is 0 Å². The van der Waals surface area contributed by atoms with Crippen molar-refractivity contribution in [2.45, 2.75) is 32.7 Å².